The molecule has 0 aromatic heterocycles. The Kier molecular flexibility index (Phi) is 4.01. The van der Waals surface area contributed by atoms with Crippen LogP contribution in [0.5, 0.6) is 5.75 Å². The van der Waals surface area contributed by atoms with E-state index in [1.54, 1.807) is 19.2 Å². The predicted octanol–water partition coefficient (Wildman–Crippen LogP) is 2.81. The smallest absolute Gasteiger partial charge is 0.406 e. The van der Waals surface area contributed by atoms with Gasteiger partial charge < -0.3 is 14.8 Å². The minimum Gasteiger partial charge on any atom is -0.406 e. The van der Waals surface area contributed by atoms with Crippen LogP contribution in [0, 0.1) is 0 Å². The fourth-order valence-electron chi connectivity index (χ4n) is 2.40. The van der Waals surface area contributed by atoms with Gasteiger partial charge in [-0.2, -0.15) is 0 Å². The van der Waals surface area contributed by atoms with Gasteiger partial charge in [-0.25, -0.2) is 0 Å². The SMILES string of the molecule is COC1(c2ccc(OC(F)(F)F)cc2)CCNCC1. The zero-order valence-corrected chi connectivity index (χ0v) is 10.6. The van der Waals surface area contributed by atoms with Crippen molar-refractivity contribution in [1.82, 2.24) is 5.32 Å². The van der Waals surface area contributed by atoms with Gasteiger partial charge in [-0.15, -0.1) is 13.2 Å². The van der Waals surface area contributed by atoms with Crippen molar-refractivity contribution in [2.45, 2.75) is 24.8 Å². The largest absolute Gasteiger partial charge is 0.573 e. The molecule has 1 N–H and O–H groups in total. The predicted molar refractivity (Wildman–Crippen MR) is 63.9 cm³/mol. The molecular weight excluding hydrogens is 259 g/mol. The lowest BCUT2D eigenvalue weighted by Crippen LogP contribution is -2.41. The lowest BCUT2D eigenvalue weighted by Gasteiger charge is -2.36. The van der Waals surface area contributed by atoms with Gasteiger partial charge in [0.2, 0.25) is 0 Å². The number of methoxy groups -OCH3 is 1. The van der Waals surface area contributed by atoms with Crippen LogP contribution in [0.25, 0.3) is 0 Å². The van der Waals surface area contributed by atoms with Gasteiger partial charge in [0.15, 0.2) is 0 Å². The zero-order chi connectivity index (χ0) is 13.9. The summed E-state index contributed by atoms with van der Waals surface area (Å²) in [5, 5.41) is 3.23. The van der Waals surface area contributed by atoms with Crippen LogP contribution in [0.2, 0.25) is 0 Å². The van der Waals surface area contributed by atoms with E-state index in [-0.39, 0.29) is 5.75 Å². The minimum absolute atomic E-state index is 0.212. The van der Waals surface area contributed by atoms with E-state index in [0.717, 1.165) is 31.5 Å². The Labute approximate surface area is 109 Å². The molecule has 2 rings (SSSR count). The summed E-state index contributed by atoms with van der Waals surface area (Å²) in [5.41, 5.74) is 0.466. The van der Waals surface area contributed by atoms with Gasteiger partial charge in [-0.05, 0) is 43.6 Å². The number of nitrogens with one attached hydrogen (secondary N) is 1. The van der Waals surface area contributed by atoms with Gasteiger partial charge in [-0.3, -0.25) is 0 Å². The molecule has 0 radical (unpaired) electrons. The second kappa shape index (κ2) is 5.38. The lowest BCUT2D eigenvalue weighted by molar-refractivity contribution is -0.274. The molecule has 1 aromatic rings. The molecule has 0 amide bonds. The number of hydrogen-bond donors (Lipinski definition) is 1. The summed E-state index contributed by atoms with van der Waals surface area (Å²) in [7, 11) is 1.63. The molecule has 1 aliphatic heterocycles. The number of ether oxygens (including phenoxy) is 2. The van der Waals surface area contributed by atoms with E-state index in [9.17, 15) is 13.2 Å². The van der Waals surface area contributed by atoms with Crippen LogP contribution in [0.15, 0.2) is 24.3 Å². The Morgan fingerprint density at radius 3 is 2.16 bits per heavy atom. The first-order valence-corrected chi connectivity index (χ1v) is 6.07. The highest BCUT2D eigenvalue weighted by molar-refractivity contribution is 5.31. The first-order valence-electron chi connectivity index (χ1n) is 6.07. The third-order valence-corrected chi connectivity index (χ3v) is 3.42. The second-order valence-corrected chi connectivity index (χ2v) is 4.52. The van der Waals surface area contributed by atoms with Crippen molar-refractivity contribution < 1.29 is 22.6 Å². The molecule has 6 heteroatoms. The van der Waals surface area contributed by atoms with Crippen LogP contribution in [-0.4, -0.2) is 26.6 Å². The van der Waals surface area contributed by atoms with Gasteiger partial charge in [0.25, 0.3) is 0 Å². The molecule has 1 aliphatic rings. The molecule has 106 valence electrons. The fourth-order valence-corrected chi connectivity index (χ4v) is 2.40. The number of benzene rings is 1. The Hall–Kier alpha value is -1.27. The lowest BCUT2D eigenvalue weighted by atomic mass is 9.85. The Morgan fingerprint density at radius 2 is 1.68 bits per heavy atom. The maximum atomic E-state index is 12.1. The van der Waals surface area contributed by atoms with E-state index in [1.807, 2.05) is 0 Å². The summed E-state index contributed by atoms with van der Waals surface area (Å²) in [5.74, 6) is -0.212. The van der Waals surface area contributed by atoms with Crippen LogP contribution < -0.4 is 10.1 Å². The maximum Gasteiger partial charge on any atom is 0.573 e. The van der Waals surface area contributed by atoms with Gasteiger partial charge in [0, 0.05) is 7.11 Å². The fraction of sp³-hybridized carbons (Fsp3) is 0.538. The van der Waals surface area contributed by atoms with Crippen molar-refractivity contribution in [3.05, 3.63) is 29.8 Å². The van der Waals surface area contributed by atoms with E-state index >= 15 is 0 Å². The standard InChI is InChI=1S/C13H16F3NO2/c1-18-12(6-8-17-9-7-12)10-2-4-11(5-3-10)19-13(14,15)16/h2-5,17H,6-9H2,1H3. The molecule has 1 saturated heterocycles. The molecule has 0 saturated carbocycles. The Morgan fingerprint density at radius 1 is 1.11 bits per heavy atom. The van der Waals surface area contributed by atoms with Crippen molar-refractivity contribution in [2.75, 3.05) is 20.2 Å². The highest BCUT2D eigenvalue weighted by atomic mass is 19.4. The highest BCUT2D eigenvalue weighted by Crippen LogP contribution is 2.35. The van der Waals surface area contributed by atoms with Crippen LogP contribution in [0.4, 0.5) is 13.2 Å². The van der Waals surface area contributed by atoms with Gasteiger partial charge in [0.1, 0.15) is 5.75 Å². The maximum absolute atomic E-state index is 12.1. The minimum atomic E-state index is -4.66. The number of piperidine rings is 1. The molecule has 3 nitrogen and oxygen atoms in total. The van der Waals surface area contributed by atoms with E-state index in [0.29, 0.717) is 0 Å². The topological polar surface area (TPSA) is 30.5 Å². The van der Waals surface area contributed by atoms with Crippen LogP contribution in [0.1, 0.15) is 18.4 Å². The van der Waals surface area contributed by atoms with Crippen LogP contribution in [0.3, 0.4) is 0 Å². The summed E-state index contributed by atoms with van der Waals surface area (Å²) in [4.78, 5) is 0. The van der Waals surface area contributed by atoms with Gasteiger partial charge in [-0.1, -0.05) is 12.1 Å². The number of alkyl halides is 3. The quantitative estimate of drug-likeness (QED) is 0.920. The summed E-state index contributed by atoms with van der Waals surface area (Å²) >= 11 is 0. The van der Waals surface area contributed by atoms with Crippen molar-refractivity contribution in [1.29, 1.82) is 0 Å². The first-order chi connectivity index (χ1) is 8.95. The van der Waals surface area contributed by atoms with Crippen LogP contribution >= 0.6 is 0 Å². The highest BCUT2D eigenvalue weighted by Gasteiger charge is 2.34. The summed E-state index contributed by atoms with van der Waals surface area (Å²) in [6.07, 6.45) is -3.07. The monoisotopic (exact) mass is 275 g/mol. The average molecular weight is 275 g/mol. The van der Waals surface area contributed by atoms with Crippen molar-refractivity contribution in [2.24, 2.45) is 0 Å². The summed E-state index contributed by atoms with van der Waals surface area (Å²) < 4.78 is 45.7. The van der Waals surface area contributed by atoms with Crippen molar-refractivity contribution in [3.8, 4) is 5.75 Å². The first kappa shape index (κ1) is 14.1. The van der Waals surface area contributed by atoms with E-state index < -0.39 is 12.0 Å². The number of halogens is 3. The van der Waals surface area contributed by atoms with E-state index in [4.69, 9.17) is 4.74 Å². The van der Waals surface area contributed by atoms with Crippen molar-refractivity contribution in [3.63, 3.8) is 0 Å². The summed E-state index contributed by atoms with van der Waals surface area (Å²) in [6.45, 7) is 1.66. The third kappa shape index (κ3) is 3.39. The van der Waals surface area contributed by atoms with E-state index in [2.05, 4.69) is 10.1 Å². The van der Waals surface area contributed by atoms with Crippen LogP contribution in [-0.2, 0) is 10.3 Å². The molecular formula is C13H16F3NO2. The summed E-state index contributed by atoms with van der Waals surface area (Å²) in [6, 6.07) is 5.92. The third-order valence-electron chi connectivity index (χ3n) is 3.42. The average Bonchev–Trinajstić information content (AvgIpc) is 2.38. The molecule has 19 heavy (non-hydrogen) atoms. The normalized spacial score (nSPS) is 19.2. The molecule has 1 fully saturated rings. The molecule has 0 spiro atoms. The van der Waals surface area contributed by atoms with Gasteiger partial charge in [0.05, 0.1) is 5.60 Å². The molecule has 0 bridgehead atoms. The number of rotatable bonds is 3. The van der Waals surface area contributed by atoms with Crippen molar-refractivity contribution >= 4 is 0 Å². The van der Waals surface area contributed by atoms with E-state index in [1.165, 1.54) is 12.1 Å². The molecule has 1 aromatic carbocycles. The second-order valence-electron chi connectivity index (χ2n) is 4.52. The molecule has 0 atom stereocenters. The number of hydrogen-bond acceptors (Lipinski definition) is 3. The zero-order valence-electron chi connectivity index (χ0n) is 10.6. The molecule has 1 heterocycles. The van der Waals surface area contributed by atoms with Gasteiger partial charge >= 0.3 is 6.36 Å². The molecule has 0 aliphatic carbocycles. The Balaban J connectivity index is 2.16. The Bertz CT molecular complexity index is 411. The molecule has 0 unspecified atom stereocenters.